The predicted molar refractivity (Wildman–Crippen MR) is 50.9 cm³/mol. The summed E-state index contributed by atoms with van der Waals surface area (Å²) in [6.07, 6.45) is -0.376. The highest BCUT2D eigenvalue weighted by atomic mass is 16.3. The van der Waals surface area contributed by atoms with Gasteiger partial charge in [-0.15, -0.1) is 0 Å². The molecule has 0 bridgehead atoms. The van der Waals surface area contributed by atoms with Gasteiger partial charge in [-0.1, -0.05) is 51.1 Å². The Hall–Kier alpha value is -0.820. The summed E-state index contributed by atoms with van der Waals surface area (Å²) in [6, 6.07) is 9.76. The van der Waals surface area contributed by atoms with Gasteiger partial charge in [0.15, 0.2) is 0 Å². The lowest BCUT2D eigenvalue weighted by Gasteiger charge is -2.25. The Morgan fingerprint density at radius 3 is 2.00 bits per heavy atom. The molecule has 0 radical (unpaired) electrons. The average molecular weight is 164 g/mol. The van der Waals surface area contributed by atoms with E-state index >= 15 is 0 Å². The lowest BCUT2D eigenvalue weighted by molar-refractivity contribution is 0.0627. The summed E-state index contributed by atoms with van der Waals surface area (Å²) in [5.74, 6) is 0. The quantitative estimate of drug-likeness (QED) is 0.676. The number of aliphatic hydroxyl groups excluding tert-OH is 1. The summed E-state index contributed by atoms with van der Waals surface area (Å²) in [6.45, 7) is 6.10. The van der Waals surface area contributed by atoms with E-state index in [1.54, 1.807) is 0 Å². The van der Waals surface area contributed by atoms with Gasteiger partial charge in [0.25, 0.3) is 0 Å². The van der Waals surface area contributed by atoms with Crippen molar-refractivity contribution in [2.75, 3.05) is 0 Å². The topological polar surface area (TPSA) is 20.2 Å². The molecule has 1 nitrogen and oxygen atoms in total. The minimum atomic E-state index is -0.376. The zero-order valence-electron chi connectivity index (χ0n) is 7.91. The highest BCUT2D eigenvalue weighted by Crippen LogP contribution is 2.31. The lowest BCUT2D eigenvalue weighted by atomic mass is 9.85. The van der Waals surface area contributed by atoms with Crippen molar-refractivity contribution >= 4 is 0 Å². The molecule has 1 aromatic rings. The van der Waals surface area contributed by atoms with E-state index in [9.17, 15) is 5.11 Å². The Balaban J connectivity index is 2.86. The van der Waals surface area contributed by atoms with Gasteiger partial charge in [0.05, 0.1) is 6.10 Å². The molecular weight excluding hydrogens is 148 g/mol. The van der Waals surface area contributed by atoms with Crippen LogP contribution < -0.4 is 0 Å². The normalized spacial score (nSPS) is 14.3. The molecule has 66 valence electrons. The molecule has 0 heterocycles. The zero-order chi connectivity index (χ0) is 9.19. The maximum Gasteiger partial charge on any atom is 0.0838 e. The Bertz CT molecular complexity index is 233. The largest absolute Gasteiger partial charge is 0.388 e. The molecule has 0 fully saturated rings. The number of hydrogen-bond donors (Lipinski definition) is 1. The molecule has 1 heteroatoms. The molecule has 1 unspecified atom stereocenters. The van der Waals surface area contributed by atoms with E-state index in [2.05, 4.69) is 0 Å². The van der Waals surface area contributed by atoms with E-state index in [4.69, 9.17) is 0 Å². The van der Waals surface area contributed by atoms with Gasteiger partial charge in [-0.3, -0.25) is 0 Å². The van der Waals surface area contributed by atoms with Crippen molar-refractivity contribution in [1.29, 1.82) is 0 Å². The molecule has 0 aliphatic heterocycles. The summed E-state index contributed by atoms with van der Waals surface area (Å²) in [5, 5.41) is 9.86. The van der Waals surface area contributed by atoms with Crippen LogP contribution in [0.2, 0.25) is 0 Å². The number of rotatable bonds is 1. The molecule has 0 aliphatic carbocycles. The van der Waals surface area contributed by atoms with Crippen LogP contribution in [-0.4, -0.2) is 5.11 Å². The summed E-state index contributed by atoms with van der Waals surface area (Å²) in [7, 11) is 0. The predicted octanol–water partition coefficient (Wildman–Crippen LogP) is 2.77. The fourth-order valence-electron chi connectivity index (χ4n) is 1.14. The van der Waals surface area contributed by atoms with E-state index in [0.717, 1.165) is 5.56 Å². The van der Waals surface area contributed by atoms with Crippen molar-refractivity contribution in [2.24, 2.45) is 5.41 Å². The van der Waals surface area contributed by atoms with Crippen LogP contribution in [0, 0.1) is 5.41 Å². The minimum absolute atomic E-state index is 0.0820. The molecule has 0 aromatic heterocycles. The van der Waals surface area contributed by atoms with Crippen molar-refractivity contribution in [3.8, 4) is 0 Å². The van der Waals surface area contributed by atoms with Crippen LogP contribution in [0.3, 0.4) is 0 Å². The molecule has 12 heavy (non-hydrogen) atoms. The van der Waals surface area contributed by atoms with Crippen LogP contribution in [0.1, 0.15) is 32.4 Å². The summed E-state index contributed by atoms with van der Waals surface area (Å²) in [5.41, 5.74) is 0.909. The molecule has 1 atom stereocenters. The average Bonchev–Trinajstić information content (AvgIpc) is 2.03. The van der Waals surface area contributed by atoms with E-state index in [1.165, 1.54) is 0 Å². The first-order valence-electron chi connectivity index (χ1n) is 4.25. The smallest absolute Gasteiger partial charge is 0.0838 e. The minimum Gasteiger partial charge on any atom is -0.388 e. The van der Waals surface area contributed by atoms with Crippen LogP contribution in [0.4, 0.5) is 0 Å². The van der Waals surface area contributed by atoms with Gasteiger partial charge in [-0.05, 0) is 11.0 Å². The van der Waals surface area contributed by atoms with Gasteiger partial charge in [-0.2, -0.15) is 0 Å². The van der Waals surface area contributed by atoms with Crippen molar-refractivity contribution in [2.45, 2.75) is 26.9 Å². The van der Waals surface area contributed by atoms with E-state index in [-0.39, 0.29) is 11.5 Å². The third kappa shape index (κ3) is 2.08. The van der Waals surface area contributed by atoms with Gasteiger partial charge >= 0.3 is 0 Å². The van der Waals surface area contributed by atoms with Gasteiger partial charge in [-0.25, -0.2) is 0 Å². The highest BCUT2D eigenvalue weighted by Gasteiger charge is 2.22. The maximum absolute atomic E-state index is 9.86. The molecule has 0 spiro atoms. The van der Waals surface area contributed by atoms with Crippen LogP contribution in [-0.2, 0) is 0 Å². The monoisotopic (exact) mass is 164 g/mol. The number of aliphatic hydroxyl groups is 1. The van der Waals surface area contributed by atoms with Gasteiger partial charge in [0.2, 0.25) is 0 Å². The second-order valence-corrected chi connectivity index (χ2v) is 4.18. The van der Waals surface area contributed by atoms with Crippen LogP contribution in [0.5, 0.6) is 0 Å². The first-order valence-corrected chi connectivity index (χ1v) is 4.25. The van der Waals surface area contributed by atoms with E-state index in [0.29, 0.717) is 0 Å². The summed E-state index contributed by atoms with van der Waals surface area (Å²) >= 11 is 0. The Morgan fingerprint density at radius 1 is 1.08 bits per heavy atom. The van der Waals surface area contributed by atoms with Crippen LogP contribution >= 0.6 is 0 Å². The molecule has 1 N–H and O–H groups in total. The molecular formula is C11H16O. The fraction of sp³-hybridized carbons (Fsp3) is 0.455. The fourth-order valence-corrected chi connectivity index (χ4v) is 1.14. The number of hydrogen-bond acceptors (Lipinski definition) is 1. The van der Waals surface area contributed by atoms with Crippen molar-refractivity contribution in [1.82, 2.24) is 0 Å². The summed E-state index contributed by atoms with van der Waals surface area (Å²) < 4.78 is 0. The molecule has 0 saturated carbocycles. The van der Waals surface area contributed by atoms with Crippen LogP contribution in [0.15, 0.2) is 30.3 Å². The SMILES string of the molecule is CC(C)(C)C(O)c1ccccc1. The second kappa shape index (κ2) is 3.28. The zero-order valence-corrected chi connectivity index (χ0v) is 7.91. The molecule has 0 saturated heterocycles. The van der Waals surface area contributed by atoms with Crippen molar-refractivity contribution in [3.05, 3.63) is 35.9 Å². The number of benzene rings is 1. The first-order chi connectivity index (χ1) is 5.52. The van der Waals surface area contributed by atoms with E-state index in [1.807, 2.05) is 51.1 Å². The maximum atomic E-state index is 9.86. The summed E-state index contributed by atoms with van der Waals surface area (Å²) in [4.78, 5) is 0. The van der Waals surface area contributed by atoms with Gasteiger partial charge in [0, 0.05) is 0 Å². The van der Waals surface area contributed by atoms with Crippen molar-refractivity contribution in [3.63, 3.8) is 0 Å². The second-order valence-electron chi connectivity index (χ2n) is 4.18. The van der Waals surface area contributed by atoms with E-state index < -0.39 is 0 Å². The Labute approximate surface area is 74.1 Å². The lowest BCUT2D eigenvalue weighted by Crippen LogP contribution is -2.17. The van der Waals surface area contributed by atoms with Crippen LogP contribution in [0.25, 0.3) is 0 Å². The Kier molecular flexibility index (Phi) is 2.53. The molecule has 0 amide bonds. The third-order valence-corrected chi connectivity index (χ3v) is 1.94. The highest BCUT2D eigenvalue weighted by molar-refractivity contribution is 5.18. The standard InChI is InChI=1S/C11H16O/c1-11(2,3)10(12)9-7-5-4-6-8-9/h4-8,10,12H,1-3H3. The Morgan fingerprint density at radius 2 is 1.58 bits per heavy atom. The molecule has 1 aromatic carbocycles. The van der Waals surface area contributed by atoms with Crippen molar-refractivity contribution < 1.29 is 5.11 Å². The first kappa shape index (κ1) is 9.27. The molecule has 1 rings (SSSR count). The molecule has 0 aliphatic rings. The van der Waals surface area contributed by atoms with Gasteiger partial charge in [0.1, 0.15) is 0 Å². The third-order valence-electron chi connectivity index (χ3n) is 1.94. The van der Waals surface area contributed by atoms with Gasteiger partial charge < -0.3 is 5.11 Å².